The van der Waals surface area contributed by atoms with E-state index in [4.69, 9.17) is 4.52 Å². The lowest BCUT2D eigenvalue weighted by atomic mass is 10.0. The number of carbonyl (C=O) groups is 1. The van der Waals surface area contributed by atoms with Gasteiger partial charge < -0.3 is 9.42 Å². The van der Waals surface area contributed by atoms with Crippen LogP contribution in [0.1, 0.15) is 47.7 Å². The molecule has 0 bridgehead atoms. The molecule has 2 aliphatic heterocycles. The highest BCUT2D eigenvalue weighted by atomic mass is 32.2. The zero-order valence-electron chi connectivity index (χ0n) is 17.1. The normalized spacial score (nSPS) is 17.7. The smallest absolute Gasteiger partial charge is 0.248 e. The molecule has 1 fully saturated rings. The highest BCUT2D eigenvalue weighted by molar-refractivity contribution is 7.89. The monoisotopic (exact) mass is 421 g/mol. The van der Waals surface area contributed by atoms with E-state index in [1.54, 1.807) is 13.8 Å². The number of hydrogen-bond acceptors (Lipinski definition) is 6. The lowest BCUT2D eigenvalue weighted by Crippen LogP contribution is -2.37. The SMILES string of the molecule is Cc1noc(C)c1S(=O)(=O)N1CCc2c(c(CCC(=O)N3CCCC3)nn2C)C1. The summed E-state index contributed by atoms with van der Waals surface area (Å²) in [7, 11) is -1.83. The summed E-state index contributed by atoms with van der Waals surface area (Å²) in [5, 5.41) is 8.39. The van der Waals surface area contributed by atoms with Crippen molar-refractivity contribution in [3.63, 3.8) is 0 Å². The van der Waals surface area contributed by atoms with E-state index in [9.17, 15) is 13.2 Å². The molecule has 2 aliphatic rings. The van der Waals surface area contributed by atoms with Crippen LogP contribution in [0.5, 0.6) is 0 Å². The molecule has 1 saturated heterocycles. The van der Waals surface area contributed by atoms with Crippen molar-refractivity contribution in [2.45, 2.75) is 57.4 Å². The standard InChI is InChI=1S/C19H27N5O4S/c1-13-19(14(2)28-21-13)29(26,27)24-11-8-17-15(12-24)16(20-22(17)3)6-7-18(25)23-9-4-5-10-23/h4-12H2,1-3H3. The molecule has 29 heavy (non-hydrogen) atoms. The molecule has 0 aromatic carbocycles. The van der Waals surface area contributed by atoms with Crippen LogP contribution >= 0.6 is 0 Å². The van der Waals surface area contributed by atoms with Crippen LogP contribution in [0.25, 0.3) is 0 Å². The van der Waals surface area contributed by atoms with Gasteiger partial charge in [-0.1, -0.05) is 5.16 Å². The molecule has 0 spiro atoms. The Kier molecular flexibility index (Phi) is 5.24. The quantitative estimate of drug-likeness (QED) is 0.722. The summed E-state index contributed by atoms with van der Waals surface area (Å²) in [6, 6.07) is 0. The molecule has 0 radical (unpaired) electrons. The Morgan fingerprint density at radius 2 is 1.90 bits per heavy atom. The zero-order valence-corrected chi connectivity index (χ0v) is 18.0. The number of aromatic nitrogens is 3. The molecule has 0 aliphatic carbocycles. The van der Waals surface area contributed by atoms with Gasteiger partial charge >= 0.3 is 0 Å². The molecule has 4 rings (SSSR count). The Morgan fingerprint density at radius 3 is 2.55 bits per heavy atom. The third kappa shape index (κ3) is 3.59. The minimum absolute atomic E-state index is 0.149. The number of rotatable bonds is 5. The summed E-state index contributed by atoms with van der Waals surface area (Å²) in [5.74, 6) is 0.453. The molecule has 0 N–H and O–H groups in total. The first-order valence-electron chi connectivity index (χ1n) is 10.0. The fourth-order valence-electron chi connectivity index (χ4n) is 4.37. The Hall–Kier alpha value is -2.20. The number of carbonyl (C=O) groups excluding carboxylic acids is 1. The third-order valence-corrected chi connectivity index (χ3v) is 7.98. The topological polar surface area (TPSA) is 102 Å². The van der Waals surface area contributed by atoms with E-state index in [0.717, 1.165) is 42.9 Å². The minimum Gasteiger partial charge on any atom is -0.360 e. The summed E-state index contributed by atoms with van der Waals surface area (Å²) < 4.78 is 34.8. The minimum atomic E-state index is -3.71. The summed E-state index contributed by atoms with van der Waals surface area (Å²) in [6.07, 6.45) is 3.65. The number of fused-ring (bicyclic) bond motifs is 1. The van der Waals surface area contributed by atoms with Crippen molar-refractivity contribution in [2.24, 2.45) is 7.05 Å². The Balaban J connectivity index is 1.55. The van der Waals surface area contributed by atoms with E-state index in [2.05, 4.69) is 10.3 Å². The van der Waals surface area contributed by atoms with E-state index >= 15 is 0 Å². The maximum Gasteiger partial charge on any atom is 0.248 e. The van der Waals surface area contributed by atoms with Crippen molar-refractivity contribution >= 4 is 15.9 Å². The van der Waals surface area contributed by atoms with Crippen LogP contribution in [0.4, 0.5) is 0 Å². The van der Waals surface area contributed by atoms with Gasteiger partial charge in [-0.25, -0.2) is 8.42 Å². The fourth-order valence-corrected chi connectivity index (χ4v) is 6.07. The van der Waals surface area contributed by atoms with Crippen LogP contribution in [-0.2, 0) is 41.3 Å². The van der Waals surface area contributed by atoms with Gasteiger partial charge in [0.1, 0.15) is 10.6 Å². The number of nitrogens with zero attached hydrogens (tertiary/aromatic N) is 5. The number of hydrogen-bond donors (Lipinski definition) is 0. The van der Waals surface area contributed by atoms with Crippen LogP contribution in [0.15, 0.2) is 9.42 Å². The maximum atomic E-state index is 13.2. The average molecular weight is 422 g/mol. The van der Waals surface area contributed by atoms with Gasteiger partial charge in [0, 0.05) is 63.7 Å². The highest BCUT2D eigenvalue weighted by Gasteiger charge is 2.35. The van der Waals surface area contributed by atoms with E-state index in [0.29, 0.717) is 37.3 Å². The molecule has 0 unspecified atom stereocenters. The predicted octanol–water partition coefficient (Wildman–Crippen LogP) is 1.33. The largest absolute Gasteiger partial charge is 0.360 e. The van der Waals surface area contributed by atoms with Gasteiger partial charge in [0.15, 0.2) is 5.76 Å². The molecule has 158 valence electrons. The number of sulfonamides is 1. The summed E-state index contributed by atoms with van der Waals surface area (Å²) >= 11 is 0. The van der Waals surface area contributed by atoms with E-state index in [-0.39, 0.29) is 17.3 Å². The zero-order chi connectivity index (χ0) is 20.8. The molecule has 4 heterocycles. The van der Waals surface area contributed by atoms with Gasteiger partial charge in [0.05, 0.1) is 5.69 Å². The van der Waals surface area contributed by atoms with Crippen molar-refractivity contribution in [3.05, 3.63) is 28.4 Å². The average Bonchev–Trinajstić information content (AvgIpc) is 3.40. The second-order valence-electron chi connectivity index (χ2n) is 7.83. The van der Waals surface area contributed by atoms with Crippen LogP contribution < -0.4 is 0 Å². The molecule has 1 amide bonds. The highest BCUT2D eigenvalue weighted by Crippen LogP contribution is 2.30. The number of aryl methyl sites for hydroxylation is 4. The second-order valence-corrected chi connectivity index (χ2v) is 9.70. The molecular weight excluding hydrogens is 394 g/mol. The maximum absolute atomic E-state index is 13.2. The van der Waals surface area contributed by atoms with Crippen LogP contribution in [0, 0.1) is 13.8 Å². The van der Waals surface area contributed by atoms with Crippen molar-refractivity contribution in [3.8, 4) is 0 Å². The van der Waals surface area contributed by atoms with E-state index < -0.39 is 10.0 Å². The second kappa shape index (κ2) is 7.56. The van der Waals surface area contributed by atoms with Gasteiger partial charge in [0.2, 0.25) is 15.9 Å². The Morgan fingerprint density at radius 1 is 1.17 bits per heavy atom. The number of amides is 1. The third-order valence-electron chi connectivity index (χ3n) is 5.89. The fraction of sp³-hybridized carbons (Fsp3) is 0.632. The van der Waals surface area contributed by atoms with Crippen LogP contribution in [0.3, 0.4) is 0 Å². The van der Waals surface area contributed by atoms with Crippen molar-refractivity contribution in [1.82, 2.24) is 24.1 Å². The van der Waals surface area contributed by atoms with Crippen molar-refractivity contribution in [1.29, 1.82) is 0 Å². The molecule has 2 aromatic heterocycles. The molecule has 0 atom stereocenters. The first-order chi connectivity index (χ1) is 13.8. The van der Waals surface area contributed by atoms with E-state index in [1.165, 1.54) is 4.31 Å². The van der Waals surface area contributed by atoms with E-state index in [1.807, 2.05) is 16.6 Å². The number of likely N-dealkylation sites (tertiary alicyclic amines) is 1. The van der Waals surface area contributed by atoms with Crippen molar-refractivity contribution in [2.75, 3.05) is 19.6 Å². The first-order valence-corrected chi connectivity index (χ1v) is 11.5. The van der Waals surface area contributed by atoms with Crippen LogP contribution in [-0.4, -0.2) is 58.1 Å². The summed E-state index contributed by atoms with van der Waals surface area (Å²) in [4.78, 5) is 14.5. The van der Waals surface area contributed by atoms with Gasteiger partial charge in [-0.2, -0.15) is 9.40 Å². The summed E-state index contributed by atoms with van der Waals surface area (Å²) in [6.45, 7) is 5.55. The Labute approximate surface area is 170 Å². The van der Waals surface area contributed by atoms with Gasteiger partial charge in [0.25, 0.3) is 0 Å². The molecule has 9 nitrogen and oxygen atoms in total. The van der Waals surface area contributed by atoms with Crippen LogP contribution in [0.2, 0.25) is 0 Å². The lowest BCUT2D eigenvalue weighted by Gasteiger charge is -2.27. The molecule has 0 saturated carbocycles. The molecule has 2 aromatic rings. The van der Waals surface area contributed by atoms with Crippen molar-refractivity contribution < 1.29 is 17.7 Å². The lowest BCUT2D eigenvalue weighted by molar-refractivity contribution is -0.130. The van der Waals surface area contributed by atoms with Gasteiger partial charge in [-0.05, 0) is 26.7 Å². The van der Waals surface area contributed by atoms with Gasteiger partial charge in [-0.3, -0.25) is 9.48 Å². The van der Waals surface area contributed by atoms with Gasteiger partial charge in [-0.15, -0.1) is 0 Å². The molecule has 10 heteroatoms. The molecular formula is C19H27N5O4S. The predicted molar refractivity (Wildman–Crippen MR) is 105 cm³/mol. The first kappa shape index (κ1) is 20.1. The summed E-state index contributed by atoms with van der Waals surface area (Å²) in [5.41, 5.74) is 3.15. The Bertz CT molecular complexity index is 1010.